The molecule has 0 aliphatic heterocycles. The standard InChI is InChI=1S/C13H26N2O4/c1-5-10(2)8-11(3)14-13(18)15(6-7-19-4)9-12(16)17/h10-11H,5-9H2,1-4H3,(H,14,18)(H,16,17). The lowest BCUT2D eigenvalue weighted by molar-refractivity contribution is -0.137. The molecule has 0 aromatic carbocycles. The molecule has 2 atom stereocenters. The van der Waals surface area contributed by atoms with Crippen LogP contribution in [0.25, 0.3) is 0 Å². The van der Waals surface area contributed by atoms with Crippen molar-refractivity contribution < 1.29 is 19.4 Å². The van der Waals surface area contributed by atoms with Crippen LogP contribution in [0, 0.1) is 5.92 Å². The van der Waals surface area contributed by atoms with Gasteiger partial charge in [-0.1, -0.05) is 20.3 Å². The highest BCUT2D eigenvalue weighted by Gasteiger charge is 2.18. The number of ether oxygens (including phenoxy) is 1. The van der Waals surface area contributed by atoms with Crippen molar-refractivity contribution in [2.45, 2.75) is 39.7 Å². The lowest BCUT2D eigenvalue weighted by Crippen LogP contribution is -2.47. The lowest BCUT2D eigenvalue weighted by atomic mass is 10.0. The number of hydrogen-bond donors (Lipinski definition) is 2. The Morgan fingerprint density at radius 1 is 1.37 bits per heavy atom. The van der Waals surface area contributed by atoms with E-state index in [2.05, 4.69) is 19.2 Å². The molecular weight excluding hydrogens is 248 g/mol. The molecule has 6 heteroatoms. The molecule has 0 saturated heterocycles. The van der Waals surface area contributed by atoms with Crippen LogP contribution in [0.3, 0.4) is 0 Å². The summed E-state index contributed by atoms with van der Waals surface area (Å²) in [6.45, 7) is 6.44. The van der Waals surface area contributed by atoms with E-state index in [4.69, 9.17) is 9.84 Å². The Kier molecular flexibility index (Phi) is 8.95. The van der Waals surface area contributed by atoms with Gasteiger partial charge in [0.25, 0.3) is 0 Å². The van der Waals surface area contributed by atoms with Crippen LogP contribution in [0.5, 0.6) is 0 Å². The van der Waals surface area contributed by atoms with Crippen LogP contribution in [0.1, 0.15) is 33.6 Å². The molecule has 0 bridgehead atoms. The lowest BCUT2D eigenvalue weighted by Gasteiger charge is -2.24. The number of carbonyl (C=O) groups is 2. The summed E-state index contributed by atoms with van der Waals surface area (Å²) in [5, 5.41) is 11.6. The van der Waals surface area contributed by atoms with Crippen LogP contribution in [0.4, 0.5) is 4.79 Å². The summed E-state index contributed by atoms with van der Waals surface area (Å²) < 4.78 is 4.88. The van der Waals surface area contributed by atoms with Gasteiger partial charge >= 0.3 is 12.0 Å². The maximum Gasteiger partial charge on any atom is 0.323 e. The fourth-order valence-corrected chi connectivity index (χ4v) is 1.75. The van der Waals surface area contributed by atoms with E-state index in [0.29, 0.717) is 12.5 Å². The molecule has 0 rings (SSSR count). The number of carbonyl (C=O) groups excluding carboxylic acids is 1. The third-order valence-corrected chi connectivity index (χ3v) is 3.00. The first-order valence-electron chi connectivity index (χ1n) is 6.66. The molecule has 2 N–H and O–H groups in total. The average Bonchev–Trinajstić information content (AvgIpc) is 2.33. The van der Waals surface area contributed by atoms with E-state index in [1.165, 1.54) is 12.0 Å². The minimum absolute atomic E-state index is 0.0290. The number of nitrogens with one attached hydrogen (secondary N) is 1. The number of hydrogen-bond acceptors (Lipinski definition) is 3. The number of aliphatic carboxylic acids is 1. The first kappa shape index (κ1) is 17.7. The zero-order valence-corrected chi connectivity index (χ0v) is 12.3. The summed E-state index contributed by atoms with van der Waals surface area (Å²) in [4.78, 5) is 23.9. The summed E-state index contributed by atoms with van der Waals surface area (Å²) >= 11 is 0. The van der Waals surface area contributed by atoms with Gasteiger partial charge < -0.3 is 20.1 Å². The SMILES string of the molecule is CCC(C)CC(C)NC(=O)N(CCOC)CC(=O)O. The number of carboxylic acids is 1. The van der Waals surface area contributed by atoms with E-state index in [9.17, 15) is 9.59 Å². The fraction of sp³-hybridized carbons (Fsp3) is 0.846. The molecule has 0 aliphatic rings. The summed E-state index contributed by atoms with van der Waals surface area (Å²) in [7, 11) is 1.52. The zero-order valence-electron chi connectivity index (χ0n) is 12.3. The van der Waals surface area contributed by atoms with Crippen molar-refractivity contribution in [2.75, 3.05) is 26.8 Å². The van der Waals surface area contributed by atoms with Gasteiger partial charge in [0, 0.05) is 19.7 Å². The molecule has 0 fully saturated rings. The molecule has 2 amide bonds. The molecular formula is C13H26N2O4. The Morgan fingerprint density at radius 2 is 2.00 bits per heavy atom. The zero-order chi connectivity index (χ0) is 14.8. The molecule has 112 valence electrons. The van der Waals surface area contributed by atoms with E-state index in [-0.39, 0.29) is 25.2 Å². The monoisotopic (exact) mass is 274 g/mol. The quantitative estimate of drug-likeness (QED) is 0.668. The van der Waals surface area contributed by atoms with Crippen molar-refractivity contribution in [3.63, 3.8) is 0 Å². The summed E-state index contributed by atoms with van der Waals surface area (Å²) in [6.07, 6.45) is 1.94. The minimum atomic E-state index is -1.03. The van der Waals surface area contributed by atoms with Crippen molar-refractivity contribution in [2.24, 2.45) is 5.92 Å². The number of rotatable bonds is 9. The number of nitrogens with zero attached hydrogens (tertiary/aromatic N) is 1. The topological polar surface area (TPSA) is 78.9 Å². The second-order valence-corrected chi connectivity index (χ2v) is 4.91. The number of amides is 2. The summed E-state index contributed by atoms with van der Waals surface area (Å²) in [6, 6.07) is -0.323. The predicted molar refractivity (Wildman–Crippen MR) is 73.2 cm³/mol. The van der Waals surface area contributed by atoms with Gasteiger partial charge in [0.2, 0.25) is 0 Å². The predicted octanol–water partition coefficient (Wildman–Crippen LogP) is 1.55. The fourth-order valence-electron chi connectivity index (χ4n) is 1.75. The van der Waals surface area contributed by atoms with Crippen LogP contribution < -0.4 is 5.32 Å². The Balaban J connectivity index is 4.32. The molecule has 0 aromatic heterocycles. The van der Waals surface area contributed by atoms with Crippen molar-refractivity contribution in [3.05, 3.63) is 0 Å². The van der Waals surface area contributed by atoms with Gasteiger partial charge in [0.05, 0.1) is 6.61 Å². The highest BCUT2D eigenvalue weighted by Crippen LogP contribution is 2.09. The van der Waals surface area contributed by atoms with Crippen LogP contribution in [-0.2, 0) is 9.53 Å². The molecule has 0 radical (unpaired) electrons. The Bertz CT molecular complexity index is 284. The van der Waals surface area contributed by atoms with Gasteiger partial charge in [-0.25, -0.2) is 4.79 Å². The van der Waals surface area contributed by atoms with Crippen molar-refractivity contribution in [1.82, 2.24) is 10.2 Å². The van der Waals surface area contributed by atoms with Crippen LogP contribution in [0.15, 0.2) is 0 Å². The first-order chi connectivity index (χ1) is 8.90. The smallest absolute Gasteiger partial charge is 0.323 e. The maximum atomic E-state index is 12.0. The van der Waals surface area contributed by atoms with E-state index in [1.54, 1.807) is 0 Å². The molecule has 19 heavy (non-hydrogen) atoms. The van der Waals surface area contributed by atoms with Crippen LogP contribution >= 0.6 is 0 Å². The Hall–Kier alpha value is -1.30. The molecule has 0 aliphatic carbocycles. The molecule has 0 heterocycles. The summed E-state index contributed by atoms with van der Waals surface area (Å²) in [5.74, 6) is -0.497. The van der Waals surface area contributed by atoms with Gasteiger partial charge in [0.1, 0.15) is 6.54 Å². The molecule has 0 saturated carbocycles. The van der Waals surface area contributed by atoms with Crippen LogP contribution in [0.2, 0.25) is 0 Å². The van der Waals surface area contributed by atoms with Gasteiger partial charge in [-0.3, -0.25) is 4.79 Å². The minimum Gasteiger partial charge on any atom is -0.480 e. The molecule has 0 aromatic rings. The Morgan fingerprint density at radius 3 is 2.47 bits per heavy atom. The average molecular weight is 274 g/mol. The van der Waals surface area contributed by atoms with Crippen molar-refractivity contribution in [3.8, 4) is 0 Å². The Labute approximate surface area is 115 Å². The highest BCUT2D eigenvalue weighted by molar-refractivity contribution is 5.80. The third kappa shape index (κ3) is 8.42. The highest BCUT2D eigenvalue weighted by atomic mass is 16.5. The van der Waals surface area contributed by atoms with E-state index in [0.717, 1.165) is 12.8 Å². The largest absolute Gasteiger partial charge is 0.480 e. The van der Waals surface area contributed by atoms with Gasteiger partial charge in [-0.05, 0) is 19.3 Å². The maximum absolute atomic E-state index is 12.0. The third-order valence-electron chi connectivity index (χ3n) is 3.00. The van der Waals surface area contributed by atoms with Crippen molar-refractivity contribution >= 4 is 12.0 Å². The van der Waals surface area contributed by atoms with E-state index < -0.39 is 5.97 Å². The number of urea groups is 1. The van der Waals surface area contributed by atoms with Crippen LogP contribution in [-0.4, -0.2) is 54.9 Å². The second kappa shape index (κ2) is 9.61. The normalized spacial score (nSPS) is 13.7. The molecule has 2 unspecified atom stereocenters. The van der Waals surface area contributed by atoms with E-state index >= 15 is 0 Å². The number of methoxy groups -OCH3 is 1. The summed E-state index contributed by atoms with van der Waals surface area (Å²) in [5.41, 5.74) is 0. The van der Waals surface area contributed by atoms with E-state index in [1.807, 2.05) is 6.92 Å². The molecule has 0 spiro atoms. The van der Waals surface area contributed by atoms with Crippen molar-refractivity contribution in [1.29, 1.82) is 0 Å². The van der Waals surface area contributed by atoms with Gasteiger partial charge in [-0.2, -0.15) is 0 Å². The van der Waals surface area contributed by atoms with Gasteiger partial charge in [0.15, 0.2) is 0 Å². The second-order valence-electron chi connectivity index (χ2n) is 4.91. The number of carboxylic acid groups (broad SMARTS) is 1. The molecule has 6 nitrogen and oxygen atoms in total. The van der Waals surface area contributed by atoms with Gasteiger partial charge in [-0.15, -0.1) is 0 Å². The first-order valence-corrected chi connectivity index (χ1v) is 6.66.